The Morgan fingerprint density at radius 1 is 0.643 bits per heavy atom. The molecular formula is C24H16Br2N2. The van der Waals surface area contributed by atoms with E-state index in [0.29, 0.717) is 0 Å². The number of hydrogen-bond donors (Lipinski definition) is 0. The van der Waals surface area contributed by atoms with Crippen LogP contribution in [0.4, 0.5) is 0 Å². The predicted octanol–water partition coefficient (Wildman–Crippen LogP) is 7.10. The van der Waals surface area contributed by atoms with Crippen LogP contribution in [0.3, 0.4) is 0 Å². The standard InChI is InChI=1S/C24H16Br2N2/c25-18-8-3-6-16(13-18)22-21-12-11-15-5-1-2-10-20(15)23(21)28-24(27-22)17-7-4-9-19(26)14-17/h1-10,13-14H,11-12H2. The molecule has 0 spiro atoms. The molecule has 5 rings (SSSR count). The third kappa shape index (κ3) is 3.21. The summed E-state index contributed by atoms with van der Waals surface area (Å²) in [5.41, 5.74) is 8.01. The lowest BCUT2D eigenvalue weighted by Gasteiger charge is -2.22. The quantitative estimate of drug-likeness (QED) is 0.298. The Bertz CT molecular complexity index is 1200. The highest BCUT2D eigenvalue weighted by Gasteiger charge is 2.23. The number of rotatable bonds is 2. The lowest BCUT2D eigenvalue weighted by molar-refractivity contribution is 0.916. The van der Waals surface area contributed by atoms with Crippen LogP contribution >= 0.6 is 31.9 Å². The molecule has 4 aromatic rings. The van der Waals surface area contributed by atoms with Crippen molar-refractivity contribution in [3.63, 3.8) is 0 Å². The molecule has 3 aromatic carbocycles. The molecule has 136 valence electrons. The topological polar surface area (TPSA) is 25.8 Å². The molecule has 0 amide bonds. The van der Waals surface area contributed by atoms with E-state index in [0.717, 1.165) is 50.1 Å². The van der Waals surface area contributed by atoms with Gasteiger partial charge in [0.2, 0.25) is 0 Å². The average Bonchev–Trinajstić information content (AvgIpc) is 2.73. The summed E-state index contributed by atoms with van der Waals surface area (Å²) in [4.78, 5) is 10.1. The Balaban J connectivity index is 1.81. The van der Waals surface area contributed by atoms with Gasteiger partial charge < -0.3 is 0 Å². The summed E-state index contributed by atoms with van der Waals surface area (Å²) in [5.74, 6) is 0.756. The molecule has 1 aromatic heterocycles. The summed E-state index contributed by atoms with van der Waals surface area (Å²) in [6, 6.07) is 25.1. The van der Waals surface area contributed by atoms with Crippen LogP contribution in [-0.4, -0.2) is 9.97 Å². The summed E-state index contributed by atoms with van der Waals surface area (Å²) < 4.78 is 2.08. The molecular weight excluding hydrogens is 476 g/mol. The van der Waals surface area contributed by atoms with E-state index in [2.05, 4.69) is 86.5 Å². The smallest absolute Gasteiger partial charge is 0.160 e. The normalized spacial score (nSPS) is 12.4. The molecule has 1 heterocycles. The molecule has 0 atom stereocenters. The van der Waals surface area contributed by atoms with Crippen molar-refractivity contribution in [3.8, 4) is 33.9 Å². The van der Waals surface area contributed by atoms with Gasteiger partial charge in [-0.05, 0) is 42.7 Å². The molecule has 0 N–H and O–H groups in total. The van der Waals surface area contributed by atoms with Gasteiger partial charge in [0.05, 0.1) is 11.4 Å². The van der Waals surface area contributed by atoms with Gasteiger partial charge in [-0.1, -0.05) is 80.4 Å². The third-order valence-electron chi connectivity index (χ3n) is 5.10. The maximum absolute atomic E-state index is 5.03. The van der Waals surface area contributed by atoms with E-state index < -0.39 is 0 Å². The molecule has 0 unspecified atom stereocenters. The minimum atomic E-state index is 0.756. The van der Waals surface area contributed by atoms with E-state index in [9.17, 15) is 0 Å². The number of halogens is 2. The number of aromatic nitrogens is 2. The molecule has 4 heteroatoms. The molecule has 0 fully saturated rings. The van der Waals surface area contributed by atoms with Gasteiger partial charge in [-0.15, -0.1) is 0 Å². The highest BCUT2D eigenvalue weighted by Crippen LogP contribution is 2.38. The van der Waals surface area contributed by atoms with Crippen LogP contribution in [0.25, 0.3) is 33.9 Å². The number of fused-ring (bicyclic) bond motifs is 3. The minimum Gasteiger partial charge on any atom is -0.228 e. The summed E-state index contributed by atoms with van der Waals surface area (Å²) in [6.45, 7) is 0. The van der Waals surface area contributed by atoms with Gasteiger partial charge in [-0.3, -0.25) is 0 Å². The van der Waals surface area contributed by atoms with Crippen molar-refractivity contribution in [2.24, 2.45) is 0 Å². The van der Waals surface area contributed by atoms with Crippen LogP contribution in [0.2, 0.25) is 0 Å². The molecule has 1 aliphatic rings. The Morgan fingerprint density at radius 3 is 2.11 bits per heavy atom. The van der Waals surface area contributed by atoms with Crippen molar-refractivity contribution in [3.05, 3.63) is 92.9 Å². The van der Waals surface area contributed by atoms with Crippen molar-refractivity contribution in [1.29, 1.82) is 0 Å². The average molecular weight is 492 g/mol. The van der Waals surface area contributed by atoms with Crippen molar-refractivity contribution in [1.82, 2.24) is 9.97 Å². The lowest BCUT2D eigenvalue weighted by Crippen LogP contribution is -2.10. The molecule has 0 aliphatic heterocycles. The van der Waals surface area contributed by atoms with Crippen LogP contribution in [0.1, 0.15) is 11.1 Å². The van der Waals surface area contributed by atoms with Gasteiger partial charge in [0, 0.05) is 31.2 Å². The van der Waals surface area contributed by atoms with Crippen molar-refractivity contribution >= 4 is 31.9 Å². The number of hydrogen-bond acceptors (Lipinski definition) is 2. The van der Waals surface area contributed by atoms with Crippen molar-refractivity contribution in [2.75, 3.05) is 0 Å². The van der Waals surface area contributed by atoms with Crippen LogP contribution < -0.4 is 0 Å². The number of benzene rings is 3. The van der Waals surface area contributed by atoms with Gasteiger partial charge >= 0.3 is 0 Å². The second-order valence-electron chi connectivity index (χ2n) is 6.90. The van der Waals surface area contributed by atoms with Crippen LogP contribution in [-0.2, 0) is 12.8 Å². The fraction of sp³-hybridized carbons (Fsp3) is 0.0833. The zero-order valence-electron chi connectivity index (χ0n) is 15.0. The first-order chi connectivity index (χ1) is 13.7. The number of aryl methyl sites for hydroxylation is 1. The monoisotopic (exact) mass is 490 g/mol. The van der Waals surface area contributed by atoms with E-state index in [1.165, 1.54) is 16.7 Å². The molecule has 0 radical (unpaired) electrons. The molecule has 0 saturated heterocycles. The summed E-state index contributed by atoms with van der Waals surface area (Å²) >= 11 is 7.18. The van der Waals surface area contributed by atoms with E-state index in [-0.39, 0.29) is 0 Å². The first-order valence-electron chi connectivity index (χ1n) is 9.20. The van der Waals surface area contributed by atoms with Crippen molar-refractivity contribution in [2.45, 2.75) is 12.8 Å². The first-order valence-corrected chi connectivity index (χ1v) is 10.8. The zero-order valence-corrected chi connectivity index (χ0v) is 18.2. The van der Waals surface area contributed by atoms with Crippen molar-refractivity contribution < 1.29 is 0 Å². The second-order valence-corrected chi connectivity index (χ2v) is 8.73. The van der Waals surface area contributed by atoms with Crippen LogP contribution in [0.5, 0.6) is 0 Å². The summed E-state index contributed by atoms with van der Waals surface area (Å²) in [6.07, 6.45) is 1.97. The van der Waals surface area contributed by atoms with Gasteiger partial charge in [-0.25, -0.2) is 9.97 Å². The van der Waals surface area contributed by atoms with E-state index in [1.54, 1.807) is 0 Å². The number of nitrogens with zero attached hydrogens (tertiary/aromatic N) is 2. The molecule has 0 saturated carbocycles. The predicted molar refractivity (Wildman–Crippen MR) is 121 cm³/mol. The maximum atomic E-state index is 5.03. The fourth-order valence-corrected chi connectivity index (χ4v) is 4.60. The van der Waals surface area contributed by atoms with E-state index in [4.69, 9.17) is 9.97 Å². The van der Waals surface area contributed by atoms with Gasteiger partial charge in [0.15, 0.2) is 5.82 Å². The molecule has 0 bridgehead atoms. The fourth-order valence-electron chi connectivity index (χ4n) is 3.80. The highest BCUT2D eigenvalue weighted by atomic mass is 79.9. The molecule has 28 heavy (non-hydrogen) atoms. The Kier molecular flexibility index (Phi) is 4.61. The molecule has 2 nitrogen and oxygen atoms in total. The maximum Gasteiger partial charge on any atom is 0.160 e. The van der Waals surface area contributed by atoms with Gasteiger partial charge in [0.25, 0.3) is 0 Å². The largest absolute Gasteiger partial charge is 0.228 e. The Morgan fingerprint density at radius 2 is 1.32 bits per heavy atom. The Hall–Kier alpha value is -2.30. The van der Waals surface area contributed by atoms with Crippen LogP contribution in [0.15, 0.2) is 81.7 Å². The van der Waals surface area contributed by atoms with Gasteiger partial charge in [-0.2, -0.15) is 0 Å². The Labute approximate surface area is 181 Å². The molecule has 1 aliphatic carbocycles. The van der Waals surface area contributed by atoms with E-state index >= 15 is 0 Å². The second kappa shape index (κ2) is 7.26. The minimum absolute atomic E-state index is 0.756. The zero-order chi connectivity index (χ0) is 19.1. The summed E-state index contributed by atoms with van der Waals surface area (Å²) in [5, 5.41) is 0. The first kappa shape index (κ1) is 17.8. The van der Waals surface area contributed by atoms with Crippen LogP contribution in [0, 0.1) is 0 Å². The lowest BCUT2D eigenvalue weighted by atomic mass is 9.87. The summed E-state index contributed by atoms with van der Waals surface area (Å²) in [7, 11) is 0. The highest BCUT2D eigenvalue weighted by molar-refractivity contribution is 9.10. The van der Waals surface area contributed by atoms with Gasteiger partial charge in [0.1, 0.15) is 0 Å². The SMILES string of the molecule is Brc1cccc(-c2nc(-c3cccc(Br)c3)c3c(n2)-c2ccccc2CC3)c1. The van der Waals surface area contributed by atoms with E-state index in [1.807, 2.05) is 18.2 Å². The third-order valence-corrected chi connectivity index (χ3v) is 6.09.